The number of hydrogen-bond donors (Lipinski definition) is 0. The van der Waals surface area contributed by atoms with Crippen LogP contribution in [0.3, 0.4) is 0 Å². The summed E-state index contributed by atoms with van der Waals surface area (Å²) >= 11 is 6.36. The molecule has 2 aromatic carbocycles. The molecule has 3 amide bonds. The molecule has 5 heteroatoms. The normalized spacial score (nSPS) is 16.3. The number of hydrogen-bond acceptors (Lipinski definition) is 2. The average molecular weight is 367 g/mol. The molecule has 1 heterocycles. The van der Waals surface area contributed by atoms with Crippen molar-refractivity contribution in [3.05, 3.63) is 64.7 Å². The Morgan fingerprint density at radius 3 is 2.31 bits per heavy atom. The molecule has 3 rings (SSSR count). The van der Waals surface area contributed by atoms with E-state index in [4.69, 9.17) is 11.6 Å². The van der Waals surface area contributed by atoms with Crippen LogP contribution in [0.4, 0.5) is 10.5 Å². The van der Waals surface area contributed by atoms with Crippen LogP contribution in [0.5, 0.6) is 0 Å². The first-order valence-corrected chi connectivity index (χ1v) is 8.65. The second-order valence-electron chi connectivity index (χ2n) is 6.84. The van der Waals surface area contributed by atoms with Gasteiger partial charge in [0.1, 0.15) is 0 Å². The molecule has 1 fully saturated rings. The highest BCUT2D eigenvalue weighted by molar-refractivity contribution is 6.35. The molecule has 0 radical (unpaired) electrons. The largest absolute Gasteiger partial charge is 0.331 e. The molecular weight excluding hydrogens is 348 g/mol. The lowest BCUT2D eigenvalue weighted by Crippen LogP contribution is -2.60. The van der Waals surface area contributed by atoms with E-state index in [0.717, 1.165) is 10.5 Å². The molecule has 132 valence electrons. The summed E-state index contributed by atoms with van der Waals surface area (Å²) in [5.74, 6) is 5.84. The SMILES string of the molecule is CN1C(=O)N(c2ccc(C#Cc3ccccc3)cc2Cl)C(=O)CC1(C)C. The van der Waals surface area contributed by atoms with Crippen molar-refractivity contribution < 1.29 is 9.59 Å². The second kappa shape index (κ2) is 6.86. The van der Waals surface area contributed by atoms with Crippen molar-refractivity contribution in [2.75, 3.05) is 11.9 Å². The van der Waals surface area contributed by atoms with Gasteiger partial charge in [-0.2, -0.15) is 0 Å². The van der Waals surface area contributed by atoms with Gasteiger partial charge in [0, 0.05) is 23.7 Å². The summed E-state index contributed by atoms with van der Waals surface area (Å²) in [6.07, 6.45) is 0.237. The molecule has 0 aromatic heterocycles. The van der Waals surface area contributed by atoms with Crippen LogP contribution in [0.2, 0.25) is 5.02 Å². The van der Waals surface area contributed by atoms with Gasteiger partial charge in [0.25, 0.3) is 0 Å². The standard InChI is InChI=1S/C21H19ClN2O2/c1-21(2)14-19(25)24(20(26)23(21)3)18-12-11-16(13-17(18)22)10-9-15-7-5-4-6-8-15/h4-8,11-13H,14H2,1-3H3. The molecule has 0 atom stereocenters. The highest BCUT2D eigenvalue weighted by Crippen LogP contribution is 2.33. The van der Waals surface area contributed by atoms with Crippen molar-refractivity contribution in [1.82, 2.24) is 4.90 Å². The fourth-order valence-corrected chi connectivity index (χ4v) is 3.02. The zero-order valence-electron chi connectivity index (χ0n) is 14.9. The minimum Gasteiger partial charge on any atom is -0.321 e. The summed E-state index contributed by atoms with van der Waals surface area (Å²) in [5, 5.41) is 0.319. The van der Waals surface area contributed by atoms with Crippen LogP contribution in [0.1, 0.15) is 31.4 Å². The third-order valence-electron chi connectivity index (χ3n) is 4.53. The number of anilines is 1. The van der Waals surface area contributed by atoms with E-state index < -0.39 is 5.54 Å². The van der Waals surface area contributed by atoms with Gasteiger partial charge in [-0.25, -0.2) is 9.69 Å². The molecule has 1 saturated heterocycles. The van der Waals surface area contributed by atoms with E-state index >= 15 is 0 Å². The number of halogens is 1. The number of urea groups is 1. The van der Waals surface area contributed by atoms with E-state index in [1.165, 1.54) is 0 Å². The minimum absolute atomic E-state index is 0.237. The van der Waals surface area contributed by atoms with E-state index in [1.807, 2.05) is 44.2 Å². The summed E-state index contributed by atoms with van der Waals surface area (Å²) < 4.78 is 0. The number of amides is 3. The Balaban J connectivity index is 1.90. The van der Waals surface area contributed by atoms with E-state index in [0.29, 0.717) is 16.3 Å². The van der Waals surface area contributed by atoms with Crippen LogP contribution in [0.15, 0.2) is 48.5 Å². The molecule has 0 aliphatic carbocycles. The van der Waals surface area contributed by atoms with Crippen molar-refractivity contribution >= 4 is 29.2 Å². The Hall–Kier alpha value is -2.77. The topological polar surface area (TPSA) is 40.6 Å². The van der Waals surface area contributed by atoms with Gasteiger partial charge < -0.3 is 4.90 Å². The molecule has 4 nitrogen and oxygen atoms in total. The van der Waals surface area contributed by atoms with Crippen molar-refractivity contribution in [1.29, 1.82) is 0 Å². The average Bonchev–Trinajstić information content (AvgIpc) is 2.60. The molecule has 2 aromatic rings. The van der Waals surface area contributed by atoms with Crippen molar-refractivity contribution in [2.45, 2.75) is 25.8 Å². The molecule has 1 aliphatic heterocycles. The van der Waals surface area contributed by atoms with Crippen LogP contribution in [-0.2, 0) is 4.79 Å². The first kappa shape index (κ1) is 18.0. The Kier molecular flexibility index (Phi) is 4.76. The van der Waals surface area contributed by atoms with Crippen LogP contribution >= 0.6 is 11.6 Å². The van der Waals surface area contributed by atoms with Gasteiger partial charge in [0.2, 0.25) is 5.91 Å². The van der Waals surface area contributed by atoms with Gasteiger partial charge in [-0.1, -0.05) is 41.6 Å². The molecular formula is C21H19ClN2O2. The number of carbonyl (C=O) groups is 2. The predicted octanol–water partition coefficient (Wildman–Crippen LogP) is 4.31. The van der Waals surface area contributed by atoms with Crippen LogP contribution in [0.25, 0.3) is 0 Å². The number of nitrogens with zero attached hydrogens (tertiary/aromatic N) is 2. The lowest BCUT2D eigenvalue weighted by Gasteiger charge is -2.43. The van der Waals surface area contributed by atoms with Gasteiger partial charge in [-0.05, 0) is 44.2 Å². The molecule has 0 bridgehead atoms. The van der Waals surface area contributed by atoms with Crippen molar-refractivity contribution in [3.8, 4) is 11.8 Å². The molecule has 26 heavy (non-hydrogen) atoms. The Morgan fingerprint density at radius 2 is 1.65 bits per heavy atom. The fraction of sp³-hybridized carbons (Fsp3) is 0.238. The quantitative estimate of drug-likeness (QED) is 0.706. The smallest absolute Gasteiger partial charge is 0.321 e. The lowest BCUT2D eigenvalue weighted by molar-refractivity contribution is -0.121. The number of benzene rings is 2. The van der Waals surface area contributed by atoms with Crippen molar-refractivity contribution in [2.24, 2.45) is 0 Å². The first-order chi connectivity index (χ1) is 12.3. The molecule has 0 N–H and O–H groups in total. The maximum absolute atomic E-state index is 12.6. The molecule has 1 aliphatic rings. The zero-order chi connectivity index (χ0) is 18.9. The number of imide groups is 1. The van der Waals surface area contributed by atoms with Crippen LogP contribution in [-0.4, -0.2) is 29.4 Å². The highest BCUT2D eigenvalue weighted by Gasteiger charge is 2.42. The monoisotopic (exact) mass is 366 g/mol. The van der Waals surface area contributed by atoms with Gasteiger partial charge >= 0.3 is 6.03 Å². The Bertz CT molecular complexity index is 926. The summed E-state index contributed by atoms with van der Waals surface area (Å²) in [6, 6.07) is 14.3. The highest BCUT2D eigenvalue weighted by atomic mass is 35.5. The van der Waals surface area contributed by atoms with E-state index in [-0.39, 0.29) is 18.4 Å². The summed E-state index contributed by atoms with van der Waals surface area (Å²) in [4.78, 5) is 27.9. The Labute approximate surface area is 158 Å². The summed E-state index contributed by atoms with van der Waals surface area (Å²) in [7, 11) is 1.69. The minimum atomic E-state index is -0.516. The van der Waals surface area contributed by atoms with Crippen molar-refractivity contribution in [3.63, 3.8) is 0 Å². The van der Waals surface area contributed by atoms with E-state index in [2.05, 4.69) is 11.8 Å². The predicted molar refractivity (Wildman–Crippen MR) is 103 cm³/mol. The van der Waals surface area contributed by atoms with Gasteiger partial charge in [0.15, 0.2) is 0 Å². The molecule has 0 saturated carbocycles. The lowest BCUT2D eigenvalue weighted by atomic mass is 9.95. The summed E-state index contributed by atoms with van der Waals surface area (Å²) in [5.41, 5.74) is 1.48. The maximum Gasteiger partial charge on any atom is 0.331 e. The molecule has 0 unspecified atom stereocenters. The number of carbonyl (C=O) groups excluding carboxylic acids is 2. The number of rotatable bonds is 1. The third-order valence-corrected chi connectivity index (χ3v) is 4.84. The maximum atomic E-state index is 12.6. The van der Waals surface area contributed by atoms with Gasteiger partial charge in [-0.15, -0.1) is 0 Å². The van der Waals surface area contributed by atoms with E-state index in [1.54, 1.807) is 30.1 Å². The third kappa shape index (κ3) is 3.44. The Morgan fingerprint density at radius 1 is 1.00 bits per heavy atom. The van der Waals surface area contributed by atoms with Crippen LogP contribution in [0, 0.1) is 11.8 Å². The van der Waals surface area contributed by atoms with Crippen LogP contribution < -0.4 is 4.90 Å². The fourth-order valence-electron chi connectivity index (χ4n) is 2.75. The first-order valence-electron chi connectivity index (χ1n) is 8.27. The molecule has 0 spiro atoms. The summed E-state index contributed by atoms with van der Waals surface area (Å²) in [6.45, 7) is 3.73. The van der Waals surface area contributed by atoms with Gasteiger partial charge in [-0.3, -0.25) is 4.79 Å². The van der Waals surface area contributed by atoms with E-state index in [9.17, 15) is 9.59 Å². The zero-order valence-corrected chi connectivity index (χ0v) is 15.7. The van der Waals surface area contributed by atoms with Gasteiger partial charge in [0.05, 0.1) is 17.1 Å². The second-order valence-corrected chi connectivity index (χ2v) is 7.25.